The first-order valence-electron chi connectivity index (χ1n) is 8.34. The molecule has 4 nitrogen and oxygen atoms in total. The monoisotopic (exact) mass is 341 g/mol. The van der Waals surface area contributed by atoms with E-state index < -0.39 is 11.8 Å². The first kappa shape index (κ1) is 17.1. The Morgan fingerprint density at radius 3 is 2.44 bits per heavy atom. The number of aromatic carboxylic acids is 1. The molecule has 1 aliphatic heterocycles. The third kappa shape index (κ3) is 3.71. The number of piperidine rings is 1. The molecule has 0 saturated carbocycles. The van der Waals surface area contributed by atoms with Crippen LogP contribution in [0.15, 0.2) is 42.5 Å². The summed E-state index contributed by atoms with van der Waals surface area (Å²) in [4.78, 5) is 25.7. The van der Waals surface area contributed by atoms with Crippen LogP contribution in [-0.2, 0) is 0 Å². The van der Waals surface area contributed by atoms with Crippen molar-refractivity contribution in [3.63, 3.8) is 0 Å². The van der Waals surface area contributed by atoms with E-state index in [1.165, 1.54) is 12.1 Å². The van der Waals surface area contributed by atoms with Crippen LogP contribution in [0.4, 0.5) is 4.39 Å². The molecule has 1 heterocycles. The van der Waals surface area contributed by atoms with Gasteiger partial charge in [-0.2, -0.15) is 0 Å². The molecule has 0 aliphatic carbocycles. The summed E-state index contributed by atoms with van der Waals surface area (Å²) in [6, 6.07) is 11.4. The highest BCUT2D eigenvalue weighted by Gasteiger charge is 2.27. The van der Waals surface area contributed by atoms with Gasteiger partial charge in [0.2, 0.25) is 0 Å². The Kier molecular flexibility index (Phi) is 4.83. The van der Waals surface area contributed by atoms with E-state index in [4.69, 9.17) is 0 Å². The Balaban J connectivity index is 1.72. The lowest BCUT2D eigenvalue weighted by molar-refractivity contribution is 0.0680. The zero-order valence-corrected chi connectivity index (χ0v) is 14.0. The molecule has 1 N–H and O–H groups in total. The number of halogens is 1. The summed E-state index contributed by atoms with van der Waals surface area (Å²) in [6.45, 7) is 2.83. The lowest BCUT2D eigenvalue weighted by Gasteiger charge is -2.33. The van der Waals surface area contributed by atoms with Crippen molar-refractivity contribution < 1.29 is 19.1 Å². The predicted octanol–water partition coefficient (Wildman–Crippen LogP) is 3.85. The second-order valence-corrected chi connectivity index (χ2v) is 6.48. The van der Waals surface area contributed by atoms with Gasteiger partial charge in [-0.25, -0.2) is 9.18 Å². The van der Waals surface area contributed by atoms with Gasteiger partial charge in [0, 0.05) is 18.7 Å². The number of carbonyl (C=O) groups is 2. The van der Waals surface area contributed by atoms with Gasteiger partial charge in [-0.15, -0.1) is 0 Å². The van der Waals surface area contributed by atoms with Crippen molar-refractivity contribution in [1.82, 2.24) is 4.90 Å². The normalized spacial score (nSPS) is 15.2. The van der Waals surface area contributed by atoms with Crippen LogP contribution in [0.2, 0.25) is 0 Å². The minimum Gasteiger partial charge on any atom is -0.478 e. The molecule has 1 saturated heterocycles. The number of hydrogen-bond acceptors (Lipinski definition) is 2. The molecule has 5 heteroatoms. The fourth-order valence-electron chi connectivity index (χ4n) is 3.48. The summed E-state index contributed by atoms with van der Waals surface area (Å²) in [5.74, 6) is -1.39. The van der Waals surface area contributed by atoms with E-state index in [1.54, 1.807) is 30.0 Å². The van der Waals surface area contributed by atoms with E-state index in [1.807, 2.05) is 12.1 Å². The Labute approximate surface area is 145 Å². The first-order chi connectivity index (χ1) is 12.0. The summed E-state index contributed by atoms with van der Waals surface area (Å²) in [5.41, 5.74) is 2.23. The van der Waals surface area contributed by atoms with Gasteiger partial charge in [0.1, 0.15) is 5.82 Å². The molecular formula is C20H20FNO3. The number of amides is 1. The summed E-state index contributed by atoms with van der Waals surface area (Å²) in [5, 5.41) is 9.34. The minimum absolute atomic E-state index is 0.116. The molecule has 0 radical (unpaired) electrons. The summed E-state index contributed by atoms with van der Waals surface area (Å²) in [6.07, 6.45) is 1.40. The highest BCUT2D eigenvalue weighted by molar-refractivity contribution is 5.94. The molecular weight excluding hydrogens is 321 g/mol. The van der Waals surface area contributed by atoms with Crippen molar-refractivity contribution in [2.24, 2.45) is 0 Å². The van der Waals surface area contributed by atoms with Crippen LogP contribution in [0, 0.1) is 12.7 Å². The summed E-state index contributed by atoms with van der Waals surface area (Å²) in [7, 11) is 0. The van der Waals surface area contributed by atoms with Gasteiger partial charge >= 0.3 is 5.97 Å². The van der Waals surface area contributed by atoms with Crippen LogP contribution in [0.5, 0.6) is 0 Å². The van der Waals surface area contributed by atoms with Gasteiger partial charge in [-0.05, 0) is 61.1 Å². The topological polar surface area (TPSA) is 57.6 Å². The van der Waals surface area contributed by atoms with Crippen molar-refractivity contribution in [3.05, 3.63) is 70.5 Å². The molecule has 130 valence electrons. The third-order valence-electron chi connectivity index (χ3n) is 4.70. The summed E-state index contributed by atoms with van der Waals surface area (Å²) < 4.78 is 13.5. The molecule has 2 aromatic rings. The van der Waals surface area contributed by atoms with Crippen molar-refractivity contribution in [2.75, 3.05) is 13.1 Å². The van der Waals surface area contributed by atoms with E-state index in [0.29, 0.717) is 42.6 Å². The Morgan fingerprint density at radius 2 is 1.80 bits per heavy atom. The Hall–Kier alpha value is -2.69. The predicted molar refractivity (Wildman–Crippen MR) is 92.4 cm³/mol. The summed E-state index contributed by atoms with van der Waals surface area (Å²) >= 11 is 0. The van der Waals surface area contributed by atoms with E-state index >= 15 is 0 Å². The van der Waals surface area contributed by atoms with Gasteiger partial charge in [-0.3, -0.25) is 4.79 Å². The smallest absolute Gasteiger partial charge is 0.335 e. The van der Waals surface area contributed by atoms with Gasteiger partial charge in [0.15, 0.2) is 0 Å². The molecule has 1 aliphatic rings. The molecule has 0 bridgehead atoms. The molecule has 3 rings (SSSR count). The fraction of sp³-hybridized carbons (Fsp3) is 0.300. The average Bonchev–Trinajstić information content (AvgIpc) is 2.60. The van der Waals surface area contributed by atoms with Crippen molar-refractivity contribution in [1.29, 1.82) is 0 Å². The quantitative estimate of drug-likeness (QED) is 0.922. The van der Waals surface area contributed by atoms with Crippen LogP contribution in [-0.4, -0.2) is 35.0 Å². The highest BCUT2D eigenvalue weighted by atomic mass is 19.1. The standard InChI is InChI=1S/C20H20FNO3/c1-13-10-15(12-16(21)11-13)19(23)22-8-6-14(7-9-22)17-4-2-3-5-18(17)20(24)25/h2-5,10-12,14H,6-9H2,1H3,(H,24,25). The van der Waals surface area contributed by atoms with Gasteiger partial charge in [0.05, 0.1) is 5.56 Å². The second kappa shape index (κ2) is 7.05. The SMILES string of the molecule is Cc1cc(F)cc(C(=O)N2CCC(c3ccccc3C(=O)O)CC2)c1. The number of rotatable bonds is 3. The lowest BCUT2D eigenvalue weighted by Crippen LogP contribution is -2.38. The Bertz CT molecular complexity index is 790. The maximum atomic E-state index is 13.5. The van der Waals surface area contributed by atoms with E-state index in [-0.39, 0.29) is 11.8 Å². The van der Waals surface area contributed by atoms with E-state index in [2.05, 4.69) is 0 Å². The van der Waals surface area contributed by atoms with Crippen LogP contribution >= 0.6 is 0 Å². The maximum absolute atomic E-state index is 13.5. The zero-order chi connectivity index (χ0) is 18.0. The van der Waals surface area contributed by atoms with Gasteiger partial charge in [-0.1, -0.05) is 18.2 Å². The number of hydrogen-bond donors (Lipinski definition) is 1. The third-order valence-corrected chi connectivity index (χ3v) is 4.70. The second-order valence-electron chi connectivity index (χ2n) is 6.48. The maximum Gasteiger partial charge on any atom is 0.335 e. The molecule has 0 aromatic heterocycles. The molecule has 0 atom stereocenters. The number of aryl methyl sites for hydroxylation is 1. The van der Waals surface area contributed by atoms with Crippen LogP contribution in [0.25, 0.3) is 0 Å². The van der Waals surface area contributed by atoms with Crippen LogP contribution in [0.3, 0.4) is 0 Å². The first-order valence-corrected chi connectivity index (χ1v) is 8.34. The van der Waals surface area contributed by atoms with Crippen LogP contribution < -0.4 is 0 Å². The number of carbonyl (C=O) groups excluding carboxylic acids is 1. The molecule has 1 fully saturated rings. The number of carboxylic acid groups (broad SMARTS) is 1. The number of nitrogens with zero attached hydrogens (tertiary/aromatic N) is 1. The zero-order valence-electron chi connectivity index (χ0n) is 14.0. The molecule has 2 aromatic carbocycles. The number of benzene rings is 2. The molecule has 0 spiro atoms. The number of carboxylic acids is 1. The van der Waals surface area contributed by atoms with Crippen molar-refractivity contribution >= 4 is 11.9 Å². The van der Waals surface area contributed by atoms with Crippen molar-refractivity contribution in [3.8, 4) is 0 Å². The fourth-order valence-corrected chi connectivity index (χ4v) is 3.48. The van der Waals surface area contributed by atoms with Gasteiger partial charge < -0.3 is 10.0 Å². The lowest BCUT2D eigenvalue weighted by atomic mass is 9.86. The minimum atomic E-state index is -0.927. The highest BCUT2D eigenvalue weighted by Crippen LogP contribution is 2.31. The van der Waals surface area contributed by atoms with E-state index in [0.717, 1.165) is 5.56 Å². The molecule has 0 unspecified atom stereocenters. The van der Waals surface area contributed by atoms with E-state index in [9.17, 15) is 19.1 Å². The van der Waals surface area contributed by atoms with Crippen LogP contribution in [0.1, 0.15) is 50.6 Å². The molecule has 1 amide bonds. The van der Waals surface area contributed by atoms with Crippen molar-refractivity contribution in [2.45, 2.75) is 25.7 Å². The number of likely N-dealkylation sites (tertiary alicyclic amines) is 1. The Morgan fingerprint density at radius 1 is 1.12 bits per heavy atom. The van der Waals surface area contributed by atoms with Gasteiger partial charge in [0.25, 0.3) is 5.91 Å². The molecule has 25 heavy (non-hydrogen) atoms. The average molecular weight is 341 g/mol. The largest absolute Gasteiger partial charge is 0.478 e.